The first-order valence-corrected chi connectivity index (χ1v) is 9.73. The highest BCUT2D eigenvalue weighted by molar-refractivity contribution is 5.81. The zero-order valence-corrected chi connectivity index (χ0v) is 16.0. The maximum atomic E-state index is 13.3. The zero-order chi connectivity index (χ0) is 18.9. The minimum absolute atomic E-state index is 0.0409. The summed E-state index contributed by atoms with van der Waals surface area (Å²) in [6, 6.07) is 18.6. The molecule has 2 aromatic carbocycles. The number of fused-ring (bicyclic) bond motifs is 3. The Balaban J connectivity index is 2.00. The van der Waals surface area contributed by atoms with Gasteiger partial charge in [-0.25, -0.2) is 0 Å². The van der Waals surface area contributed by atoms with Gasteiger partial charge in [0.2, 0.25) is 0 Å². The molecule has 1 N–H and O–H groups in total. The van der Waals surface area contributed by atoms with Gasteiger partial charge >= 0.3 is 5.97 Å². The van der Waals surface area contributed by atoms with Gasteiger partial charge in [-0.2, -0.15) is 0 Å². The van der Waals surface area contributed by atoms with E-state index in [1.807, 2.05) is 31.3 Å². The highest BCUT2D eigenvalue weighted by Gasteiger charge is 2.64. The quantitative estimate of drug-likeness (QED) is 0.844. The van der Waals surface area contributed by atoms with Gasteiger partial charge in [-0.3, -0.25) is 4.79 Å². The zero-order valence-electron chi connectivity index (χ0n) is 16.0. The van der Waals surface area contributed by atoms with Gasteiger partial charge in [0, 0.05) is 6.54 Å². The molecule has 0 aromatic heterocycles. The molecule has 0 bridgehead atoms. The molecule has 0 spiro atoms. The Morgan fingerprint density at radius 1 is 1.15 bits per heavy atom. The predicted octanol–water partition coefficient (Wildman–Crippen LogP) is 3.43. The molecular weight excluding hydrogens is 338 g/mol. The molecular formula is C23H27NO3. The molecule has 4 rings (SSSR count). The number of nitrogens with one attached hydrogen (secondary N) is 1. The number of esters is 1. The summed E-state index contributed by atoms with van der Waals surface area (Å²) in [6.45, 7) is 0.758. The number of methoxy groups -OCH3 is 1. The first kappa shape index (κ1) is 18.2. The lowest BCUT2D eigenvalue weighted by Gasteiger charge is -2.56. The van der Waals surface area contributed by atoms with E-state index in [1.165, 1.54) is 12.7 Å². The summed E-state index contributed by atoms with van der Waals surface area (Å²) in [5.41, 5.74) is 1.86. The SMILES string of the molecule is CNCC1CC[C@@]2(C(=O)OC)CCc3ccccc3[C@@]2(c2ccccc2)O1. The fraction of sp³-hybridized carbons (Fsp3) is 0.435. The Bertz CT molecular complexity index is 821. The van der Waals surface area contributed by atoms with Gasteiger partial charge in [-0.15, -0.1) is 0 Å². The number of rotatable bonds is 4. The molecule has 1 heterocycles. The second-order valence-corrected chi connectivity index (χ2v) is 7.61. The summed E-state index contributed by atoms with van der Waals surface area (Å²) in [5.74, 6) is -0.163. The van der Waals surface area contributed by atoms with E-state index in [0.29, 0.717) is 0 Å². The molecule has 4 heteroatoms. The molecule has 1 saturated heterocycles. The number of benzene rings is 2. The van der Waals surface area contributed by atoms with Gasteiger partial charge in [0.05, 0.1) is 13.2 Å². The predicted molar refractivity (Wildman–Crippen MR) is 104 cm³/mol. The van der Waals surface area contributed by atoms with E-state index in [4.69, 9.17) is 9.47 Å². The molecule has 0 amide bonds. The summed E-state index contributed by atoms with van der Waals surface area (Å²) < 4.78 is 12.3. The summed E-state index contributed by atoms with van der Waals surface area (Å²) in [7, 11) is 3.43. The highest BCUT2D eigenvalue weighted by atomic mass is 16.5. The third-order valence-corrected chi connectivity index (χ3v) is 6.32. The lowest BCUT2D eigenvalue weighted by Crippen LogP contribution is -2.61. The van der Waals surface area contributed by atoms with Gasteiger partial charge in [0.1, 0.15) is 11.0 Å². The molecule has 0 saturated carbocycles. The van der Waals surface area contributed by atoms with Crippen molar-refractivity contribution in [2.75, 3.05) is 20.7 Å². The van der Waals surface area contributed by atoms with E-state index in [1.54, 1.807) is 0 Å². The number of likely N-dealkylation sites (N-methyl/N-ethyl adjacent to an activating group) is 1. The molecule has 0 radical (unpaired) electrons. The van der Waals surface area contributed by atoms with Crippen molar-refractivity contribution in [1.29, 1.82) is 0 Å². The number of hydrogen-bond donors (Lipinski definition) is 1. The van der Waals surface area contributed by atoms with Crippen LogP contribution in [-0.4, -0.2) is 32.8 Å². The van der Waals surface area contributed by atoms with E-state index in [0.717, 1.165) is 43.4 Å². The van der Waals surface area contributed by atoms with Crippen LogP contribution in [0.5, 0.6) is 0 Å². The maximum absolute atomic E-state index is 13.3. The van der Waals surface area contributed by atoms with E-state index < -0.39 is 11.0 Å². The third kappa shape index (κ3) is 2.62. The number of carbonyl (C=O) groups excluding carboxylic acids is 1. The maximum Gasteiger partial charge on any atom is 0.315 e. The van der Waals surface area contributed by atoms with Gasteiger partial charge in [-0.05, 0) is 49.4 Å². The van der Waals surface area contributed by atoms with Crippen LogP contribution in [0.2, 0.25) is 0 Å². The Kier molecular flexibility index (Phi) is 4.79. The second kappa shape index (κ2) is 7.10. The fourth-order valence-corrected chi connectivity index (χ4v) is 5.14. The molecule has 142 valence electrons. The van der Waals surface area contributed by atoms with Gasteiger partial charge in [-0.1, -0.05) is 54.6 Å². The summed E-state index contributed by atoms with van der Waals surface area (Å²) in [4.78, 5) is 13.3. The summed E-state index contributed by atoms with van der Waals surface area (Å²) in [6.07, 6.45) is 3.24. The van der Waals surface area contributed by atoms with Gasteiger partial charge in [0.15, 0.2) is 0 Å². The van der Waals surface area contributed by atoms with Crippen LogP contribution >= 0.6 is 0 Å². The van der Waals surface area contributed by atoms with Crippen LogP contribution in [0, 0.1) is 5.41 Å². The van der Waals surface area contributed by atoms with Crippen molar-refractivity contribution in [1.82, 2.24) is 5.32 Å². The van der Waals surface area contributed by atoms with E-state index in [2.05, 4.69) is 35.6 Å². The Hall–Kier alpha value is -2.17. The molecule has 1 unspecified atom stereocenters. The smallest absolute Gasteiger partial charge is 0.315 e. The van der Waals surface area contributed by atoms with Crippen molar-refractivity contribution >= 4 is 5.97 Å². The second-order valence-electron chi connectivity index (χ2n) is 7.61. The molecule has 27 heavy (non-hydrogen) atoms. The first-order chi connectivity index (χ1) is 13.2. The van der Waals surface area contributed by atoms with Crippen LogP contribution in [0.25, 0.3) is 0 Å². The molecule has 1 aliphatic carbocycles. The van der Waals surface area contributed by atoms with Crippen LogP contribution in [0.3, 0.4) is 0 Å². The Morgan fingerprint density at radius 2 is 1.89 bits per heavy atom. The molecule has 1 aliphatic heterocycles. The topological polar surface area (TPSA) is 47.6 Å². The first-order valence-electron chi connectivity index (χ1n) is 9.73. The molecule has 4 nitrogen and oxygen atoms in total. The normalized spacial score (nSPS) is 29.5. The number of carbonyl (C=O) groups is 1. The van der Waals surface area contributed by atoms with Crippen LogP contribution in [0.15, 0.2) is 54.6 Å². The van der Waals surface area contributed by atoms with E-state index >= 15 is 0 Å². The Labute approximate surface area is 160 Å². The fourth-order valence-electron chi connectivity index (χ4n) is 5.14. The van der Waals surface area contributed by atoms with Crippen LogP contribution in [0.1, 0.15) is 36.0 Å². The third-order valence-electron chi connectivity index (χ3n) is 6.32. The van der Waals surface area contributed by atoms with Crippen LogP contribution in [0.4, 0.5) is 0 Å². The summed E-state index contributed by atoms with van der Waals surface area (Å²) in [5, 5.41) is 3.24. The summed E-state index contributed by atoms with van der Waals surface area (Å²) >= 11 is 0. The average molecular weight is 365 g/mol. The molecule has 3 atom stereocenters. The lowest BCUT2D eigenvalue weighted by atomic mass is 9.55. The van der Waals surface area contributed by atoms with Crippen molar-refractivity contribution in [3.63, 3.8) is 0 Å². The van der Waals surface area contributed by atoms with Crippen LogP contribution < -0.4 is 5.32 Å². The van der Waals surface area contributed by atoms with Crippen molar-refractivity contribution in [3.05, 3.63) is 71.3 Å². The number of ether oxygens (including phenoxy) is 2. The average Bonchev–Trinajstić information content (AvgIpc) is 2.73. The van der Waals surface area contributed by atoms with Crippen molar-refractivity contribution < 1.29 is 14.3 Å². The lowest BCUT2D eigenvalue weighted by molar-refractivity contribution is -0.214. The van der Waals surface area contributed by atoms with Crippen molar-refractivity contribution in [3.8, 4) is 0 Å². The van der Waals surface area contributed by atoms with Crippen molar-refractivity contribution in [2.45, 2.75) is 37.4 Å². The van der Waals surface area contributed by atoms with Gasteiger partial charge in [0.25, 0.3) is 0 Å². The van der Waals surface area contributed by atoms with E-state index in [-0.39, 0.29) is 12.1 Å². The largest absolute Gasteiger partial charge is 0.468 e. The minimum atomic E-state index is -0.823. The molecule has 2 aliphatic rings. The standard InChI is InChI=1S/C23H27NO3/c1-24-16-19-13-15-22(21(25)26-2)14-12-17-8-6-7-11-20(17)23(22,27-19)18-9-4-3-5-10-18/h3-11,19,24H,12-16H2,1-2H3/t19?,22-,23-/m1/s1. The molecule has 2 aromatic rings. The number of aryl methyl sites for hydroxylation is 1. The van der Waals surface area contributed by atoms with E-state index in [9.17, 15) is 4.79 Å². The van der Waals surface area contributed by atoms with Gasteiger partial charge < -0.3 is 14.8 Å². The molecule has 1 fully saturated rings. The van der Waals surface area contributed by atoms with Crippen LogP contribution in [-0.2, 0) is 26.3 Å². The minimum Gasteiger partial charge on any atom is -0.468 e. The van der Waals surface area contributed by atoms with Crippen molar-refractivity contribution in [2.24, 2.45) is 5.41 Å². The Morgan fingerprint density at radius 3 is 2.63 bits per heavy atom. The number of hydrogen-bond acceptors (Lipinski definition) is 4. The highest BCUT2D eigenvalue weighted by Crippen LogP contribution is 2.60. The monoisotopic (exact) mass is 365 g/mol.